The first kappa shape index (κ1) is 15.9. The lowest BCUT2D eigenvalue weighted by atomic mass is 10.0. The number of nitrogens with zero attached hydrogens (tertiary/aromatic N) is 1. The van der Waals surface area contributed by atoms with Crippen molar-refractivity contribution in [3.05, 3.63) is 59.7 Å². The summed E-state index contributed by atoms with van der Waals surface area (Å²) in [5, 5.41) is 0. The summed E-state index contributed by atoms with van der Waals surface area (Å²) >= 11 is 0. The van der Waals surface area contributed by atoms with Gasteiger partial charge in [0.05, 0.1) is 18.6 Å². The molecule has 2 aromatic carbocycles. The van der Waals surface area contributed by atoms with Crippen LogP contribution in [0.1, 0.15) is 17.5 Å². The molecule has 0 aromatic heterocycles. The predicted molar refractivity (Wildman–Crippen MR) is 92.6 cm³/mol. The lowest BCUT2D eigenvalue weighted by Gasteiger charge is -2.30. The summed E-state index contributed by atoms with van der Waals surface area (Å²) in [5.74, 6) is 0.808. The molecule has 1 aliphatic heterocycles. The van der Waals surface area contributed by atoms with E-state index in [4.69, 9.17) is 4.74 Å². The van der Waals surface area contributed by atoms with Gasteiger partial charge in [-0.2, -0.15) is 0 Å². The van der Waals surface area contributed by atoms with Crippen molar-refractivity contribution in [2.45, 2.75) is 19.3 Å². The number of ether oxygens (including phenoxy) is 1. The molecule has 0 bridgehead atoms. The van der Waals surface area contributed by atoms with Crippen LogP contribution in [0.25, 0.3) is 0 Å². The van der Waals surface area contributed by atoms with Gasteiger partial charge in [0, 0.05) is 12.6 Å². The third kappa shape index (κ3) is 3.50. The van der Waals surface area contributed by atoms with Crippen LogP contribution in [0, 0.1) is 0 Å². The molecule has 0 unspecified atom stereocenters. The second kappa shape index (κ2) is 6.62. The molecule has 2 aromatic rings. The van der Waals surface area contributed by atoms with Crippen LogP contribution in [0.2, 0.25) is 0 Å². The molecule has 0 atom stereocenters. The van der Waals surface area contributed by atoms with Gasteiger partial charge in [-0.1, -0.05) is 36.4 Å². The molecular formula is C18H21NO3S. The highest BCUT2D eigenvalue weighted by Crippen LogP contribution is 2.33. The van der Waals surface area contributed by atoms with Crippen LogP contribution >= 0.6 is 0 Å². The number of hydrogen-bond donors (Lipinski definition) is 0. The second-order valence-corrected chi connectivity index (χ2v) is 7.73. The molecule has 0 fully saturated rings. The maximum Gasteiger partial charge on any atom is 0.235 e. The minimum Gasteiger partial charge on any atom is -0.497 e. The summed E-state index contributed by atoms with van der Waals surface area (Å²) in [6, 6.07) is 15.4. The van der Waals surface area contributed by atoms with Gasteiger partial charge in [0.25, 0.3) is 0 Å². The van der Waals surface area contributed by atoms with Crippen molar-refractivity contribution in [2.75, 3.05) is 23.7 Å². The van der Waals surface area contributed by atoms with E-state index in [1.165, 1.54) is 0 Å². The van der Waals surface area contributed by atoms with E-state index in [9.17, 15) is 8.42 Å². The molecule has 0 radical (unpaired) electrons. The van der Waals surface area contributed by atoms with Crippen LogP contribution in [0.5, 0.6) is 5.75 Å². The van der Waals surface area contributed by atoms with Gasteiger partial charge in [-0.05, 0) is 36.5 Å². The van der Waals surface area contributed by atoms with Crippen molar-refractivity contribution >= 4 is 15.7 Å². The Balaban J connectivity index is 1.84. The fourth-order valence-electron chi connectivity index (χ4n) is 2.94. The largest absolute Gasteiger partial charge is 0.497 e. The summed E-state index contributed by atoms with van der Waals surface area (Å²) in [6.45, 7) is 0.539. The van der Waals surface area contributed by atoms with E-state index in [0.29, 0.717) is 18.7 Å². The normalized spacial score (nSPS) is 14.4. The summed E-state index contributed by atoms with van der Waals surface area (Å²) in [4.78, 5) is 0. The van der Waals surface area contributed by atoms with E-state index in [0.717, 1.165) is 29.7 Å². The Morgan fingerprint density at radius 2 is 1.91 bits per heavy atom. The van der Waals surface area contributed by atoms with Crippen molar-refractivity contribution in [3.63, 3.8) is 0 Å². The maximum absolute atomic E-state index is 12.8. The van der Waals surface area contributed by atoms with E-state index in [1.54, 1.807) is 11.4 Å². The third-order valence-corrected chi connectivity index (χ3v) is 5.97. The van der Waals surface area contributed by atoms with Gasteiger partial charge in [-0.25, -0.2) is 8.42 Å². The number of methoxy groups -OCH3 is 1. The molecule has 0 N–H and O–H groups in total. The SMILES string of the molecule is COc1ccc2c(c1)N(S(=O)(=O)CCc1ccccc1)CCC2. The van der Waals surface area contributed by atoms with Crippen LogP contribution in [0.3, 0.4) is 0 Å². The van der Waals surface area contributed by atoms with Crippen molar-refractivity contribution < 1.29 is 13.2 Å². The monoisotopic (exact) mass is 331 g/mol. The number of benzene rings is 2. The number of aryl methyl sites for hydroxylation is 2. The first-order chi connectivity index (χ1) is 11.1. The van der Waals surface area contributed by atoms with E-state index >= 15 is 0 Å². The van der Waals surface area contributed by atoms with Crippen LogP contribution in [-0.4, -0.2) is 27.8 Å². The van der Waals surface area contributed by atoms with Crippen LogP contribution < -0.4 is 9.04 Å². The van der Waals surface area contributed by atoms with Gasteiger partial charge in [0.2, 0.25) is 10.0 Å². The standard InChI is InChI=1S/C18H21NO3S/c1-22-17-10-9-16-8-5-12-19(18(16)14-17)23(20,21)13-11-15-6-3-2-4-7-15/h2-4,6-7,9-10,14H,5,8,11-13H2,1H3. The molecule has 0 saturated heterocycles. The highest BCUT2D eigenvalue weighted by molar-refractivity contribution is 7.92. The smallest absolute Gasteiger partial charge is 0.235 e. The van der Waals surface area contributed by atoms with Gasteiger partial charge in [0.15, 0.2) is 0 Å². The van der Waals surface area contributed by atoms with E-state index in [2.05, 4.69) is 0 Å². The van der Waals surface area contributed by atoms with Crippen LogP contribution in [0.15, 0.2) is 48.5 Å². The Morgan fingerprint density at radius 1 is 1.13 bits per heavy atom. The average Bonchev–Trinajstić information content (AvgIpc) is 2.60. The molecule has 1 aliphatic rings. The Morgan fingerprint density at radius 3 is 2.65 bits per heavy atom. The number of fused-ring (bicyclic) bond motifs is 1. The number of sulfonamides is 1. The molecule has 5 heteroatoms. The van der Waals surface area contributed by atoms with Crippen molar-refractivity contribution in [2.24, 2.45) is 0 Å². The molecular weight excluding hydrogens is 310 g/mol. The van der Waals surface area contributed by atoms with Crippen molar-refractivity contribution in [1.82, 2.24) is 0 Å². The quantitative estimate of drug-likeness (QED) is 0.846. The first-order valence-corrected chi connectivity index (χ1v) is 9.42. The average molecular weight is 331 g/mol. The third-order valence-electron chi connectivity index (χ3n) is 4.20. The molecule has 4 nitrogen and oxygen atoms in total. The fourth-order valence-corrected chi connectivity index (χ4v) is 4.53. The topological polar surface area (TPSA) is 46.6 Å². The maximum atomic E-state index is 12.8. The zero-order valence-corrected chi connectivity index (χ0v) is 14.1. The lowest BCUT2D eigenvalue weighted by Crippen LogP contribution is -2.37. The van der Waals surface area contributed by atoms with Gasteiger partial charge in [-0.3, -0.25) is 4.31 Å². The molecule has 0 aliphatic carbocycles. The molecule has 0 amide bonds. The lowest BCUT2D eigenvalue weighted by molar-refractivity contribution is 0.414. The second-order valence-electron chi connectivity index (χ2n) is 5.72. The van der Waals surface area contributed by atoms with Crippen LogP contribution in [-0.2, 0) is 22.9 Å². The van der Waals surface area contributed by atoms with Gasteiger partial charge >= 0.3 is 0 Å². The van der Waals surface area contributed by atoms with Crippen molar-refractivity contribution in [3.8, 4) is 5.75 Å². The minimum atomic E-state index is -3.34. The molecule has 0 spiro atoms. The van der Waals surface area contributed by atoms with E-state index in [-0.39, 0.29) is 5.75 Å². The fraction of sp³-hybridized carbons (Fsp3) is 0.333. The molecule has 23 heavy (non-hydrogen) atoms. The number of rotatable bonds is 5. The Hall–Kier alpha value is -2.01. The molecule has 3 rings (SSSR count). The Labute approximate surface area is 137 Å². The zero-order valence-electron chi connectivity index (χ0n) is 13.2. The highest BCUT2D eigenvalue weighted by Gasteiger charge is 2.27. The summed E-state index contributed by atoms with van der Waals surface area (Å²) in [6.07, 6.45) is 2.28. The minimum absolute atomic E-state index is 0.119. The summed E-state index contributed by atoms with van der Waals surface area (Å²) in [7, 11) is -1.75. The summed E-state index contributed by atoms with van der Waals surface area (Å²) in [5.41, 5.74) is 2.88. The molecule has 1 heterocycles. The number of anilines is 1. The van der Waals surface area contributed by atoms with E-state index in [1.807, 2.05) is 48.5 Å². The number of hydrogen-bond acceptors (Lipinski definition) is 3. The first-order valence-electron chi connectivity index (χ1n) is 7.81. The Kier molecular flexibility index (Phi) is 4.57. The zero-order chi connectivity index (χ0) is 16.3. The molecule has 122 valence electrons. The van der Waals surface area contributed by atoms with E-state index < -0.39 is 10.0 Å². The van der Waals surface area contributed by atoms with Gasteiger partial charge in [-0.15, -0.1) is 0 Å². The van der Waals surface area contributed by atoms with Gasteiger partial charge < -0.3 is 4.74 Å². The molecule has 0 saturated carbocycles. The Bertz CT molecular complexity index is 772. The van der Waals surface area contributed by atoms with Gasteiger partial charge in [0.1, 0.15) is 5.75 Å². The predicted octanol–water partition coefficient (Wildman–Crippen LogP) is 3.02. The summed E-state index contributed by atoms with van der Waals surface area (Å²) < 4.78 is 32.4. The highest BCUT2D eigenvalue weighted by atomic mass is 32.2. The van der Waals surface area contributed by atoms with Crippen LogP contribution in [0.4, 0.5) is 5.69 Å². The van der Waals surface area contributed by atoms with Crippen molar-refractivity contribution in [1.29, 1.82) is 0 Å².